The fourth-order valence-corrected chi connectivity index (χ4v) is 7.79. The van der Waals surface area contributed by atoms with Gasteiger partial charge in [0.25, 0.3) is 0 Å². The lowest BCUT2D eigenvalue weighted by molar-refractivity contribution is 1.18. The quantitative estimate of drug-likeness (QED) is 0.177. The van der Waals surface area contributed by atoms with Gasteiger partial charge in [0, 0.05) is 22.3 Å². The molecule has 0 saturated heterocycles. The minimum atomic E-state index is 0.702. The Morgan fingerprint density at radius 2 is 0.673 bits per heavy atom. The van der Waals surface area contributed by atoms with Crippen molar-refractivity contribution < 1.29 is 0 Å². The van der Waals surface area contributed by atoms with Crippen molar-refractivity contribution in [3.8, 4) is 89.5 Å². The third-order valence-electron chi connectivity index (χ3n) is 10.3. The molecule has 52 heavy (non-hydrogen) atoms. The highest BCUT2D eigenvalue weighted by Gasteiger charge is 2.23. The zero-order chi connectivity index (χ0) is 34.4. The highest BCUT2D eigenvalue weighted by atomic mass is 14.9. The predicted molar refractivity (Wildman–Crippen MR) is 217 cm³/mol. The Bertz CT molecular complexity index is 2640. The number of aromatic nitrogens is 2. The maximum Gasteiger partial charge on any atom is 0.160 e. The molecule has 0 fully saturated rings. The van der Waals surface area contributed by atoms with E-state index in [0.29, 0.717) is 5.82 Å². The number of hydrogen-bond acceptors (Lipinski definition) is 2. The molecule has 8 aromatic carbocycles. The van der Waals surface area contributed by atoms with Gasteiger partial charge in [0.2, 0.25) is 0 Å². The van der Waals surface area contributed by atoms with E-state index in [9.17, 15) is 0 Å². The van der Waals surface area contributed by atoms with Crippen molar-refractivity contribution in [3.63, 3.8) is 0 Å². The van der Waals surface area contributed by atoms with E-state index >= 15 is 0 Å². The molecule has 1 aliphatic rings. The van der Waals surface area contributed by atoms with E-state index in [1.54, 1.807) is 0 Å². The van der Waals surface area contributed by atoms with Crippen LogP contribution in [0.4, 0.5) is 0 Å². The lowest BCUT2D eigenvalue weighted by Crippen LogP contribution is -2.00. The molecule has 0 atom stereocenters. The van der Waals surface area contributed by atoms with Gasteiger partial charge in [-0.3, -0.25) is 0 Å². The van der Waals surface area contributed by atoms with Gasteiger partial charge in [0.1, 0.15) is 0 Å². The van der Waals surface area contributed by atoms with E-state index in [0.717, 1.165) is 44.8 Å². The van der Waals surface area contributed by atoms with E-state index in [1.807, 2.05) is 18.2 Å². The fourth-order valence-electron chi connectivity index (χ4n) is 7.79. The highest BCUT2D eigenvalue weighted by Crippen LogP contribution is 2.49. The molecule has 1 aromatic heterocycles. The van der Waals surface area contributed by atoms with Crippen LogP contribution in [-0.2, 0) is 0 Å². The summed E-state index contributed by atoms with van der Waals surface area (Å²) >= 11 is 0. The molecule has 0 bridgehead atoms. The van der Waals surface area contributed by atoms with Crippen molar-refractivity contribution in [2.24, 2.45) is 0 Å². The zero-order valence-corrected chi connectivity index (χ0v) is 28.4. The topological polar surface area (TPSA) is 25.8 Å². The van der Waals surface area contributed by atoms with Gasteiger partial charge in [-0.05, 0) is 60.8 Å². The Balaban J connectivity index is 1.02. The van der Waals surface area contributed by atoms with Gasteiger partial charge in [-0.15, -0.1) is 0 Å². The summed E-state index contributed by atoms with van der Waals surface area (Å²) in [4.78, 5) is 10.5. The average molecular weight is 661 g/mol. The van der Waals surface area contributed by atoms with Crippen LogP contribution in [0.15, 0.2) is 194 Å². The van der Waals surface area contributed by atoms with Crippen LogP contribution in [0.1, 0.15) is 0 Å². The summed E-state index contributed by atoms with van der Waals surface area (Å²) in [7, 11) is 0. The van der Waals surface area contributed by atoms with Crippen LogP contribution in [0.25, 0.3) is 100 Å². The Kier molecular flexibility index (Phi) is 7.18. The van der Waals surface area contributed by atoms with Gasteiger partial charge < -0.3 is 0 Å². The molecule has 2 nitrogen and oxygen atoms in total. The van der Waals surface area contributed by atoms with Crippen molar-refractivity contribution in [1.82, 2.24) is 9.97 Å². The minimum absolute atomic E-state index is 0.702. The number of rotatable bonds is 6. The van der Waals surface area contributed by atoms with Crippen molar-refractivity contribution in [2.45, 2.75) is 0 Å². The molecular formula is C50H32N2. The fraction of sp³-hybridized carbons (Fsp3) is 0. The molecule has 0 spiro atoms. The van der Waals surface area contributed by atoms with E-state index < -0.39 is 0 Å². The van der Waals surface area contributed by atoms with E-state index in [1.165, 1.54) is 49.7 Å². The largest absolute Gasteiger partial charge is 0.227 e. The monoisotopic (exact) mass is 660 g/mol. The third kappa shape index (κ3) is 5.04. The first kappa shape index (κ1) is 30.0. The summed E-state index contributed by atoms with van der Waals surface area (Å²) < 4.78 is 0. The Labute approximate surface area is 303 Å². The van der Waals surface area contributed by atoms with E-state index in [2.05, 4.69) is 176 Å². The molecule has 10 rings (SSSR count). The number of hydrogen-bond donors (Lipinski definition) is 0. The minimum Gasteiger partial charge on any atom is -0.227 e. The Morgan fingerprint density at radius 1 is 0.250 bits per heavy atom. The van der Waals surface area contributed by atoms with Gasteiger partial charge in [-0.2, -0.15) is 0 Å². The van der Waals surface area contributed by atoms with E-state index in [4.69, 9.17) is 9.97 Å². The normalized spacial score (nSPS) is 11.5. The summed E-state index contributed by atoms with van der Waals surface area (Å²) in [5.74, 6) is 0.702. The Hall–Kier alpha value is -6.90. The van der Waals surface area contributed by atoms with Gasteiger partial charge in [0.15, 0.2) is 5.82 Å². The molecule has 242 valence electrons. The van der Waals surface area contributed by atoms with Crippen LogP contribution in [-0.4, -0.2) is 9.97 Å². The first-order valence-corrected chi connectivity index (χ1v) is 17.8. The SMILES string of the molecule is c1ccc(-c2nc(-c3ccc(-c4ccc(-c5ccc6c7c(cccc57)-c5ccccc5-6)cc4)cc3)nc(-c3ccccc3)c2-c2ccccc2)cc1. The van der Waals surface area contributed by atoms with Gasteiger partial charge in [0.05, 0.1) is 11.4 Å². The lowest BCUT2D eigenvalue weighted by Gasteiger charge is -2.17. The maximum atomic E-state index is 5.27. The van der Waals surface area contributed by atoms with Crippen molar-refractivity contribution >= 4 is 10.8 Å². The number of fused-ring (bicyclic) bond motifs is 3. The van der Waals surface area contributed by atoms with Gasteiger partial charge in [-0.25, -0.2) is 9.97 Å². The highest BCUT2D eigenvalue weighted by molar-refractivity contribution is 6.18. The van der Waals surface area contributed by atoms with Crippen molar-refractivity contribution in [3.05, 3.63) is 194 Å². The van der Waals surface area contributed by atoms with Crippen LogP contribution in [0, 0.1) is 0 Å². The molecule has 0 aliphatic heterocycles. The predicted octanol–water partition coefficient (Wildman–Crippen LogP) is 13.3. The maximum absolute atomic E-state index is 5.27. The first-order chi connectivity index (χ1) is 25.8. The first-order valence-electron chi connectivity index (χ1n) is 17.8. The number of nitrogens with zero attached hydrogens (tertiary/aromatic N) is 2. The Morgan fingerprint density at radius 3 is 1.23 bits per heavy atom. The van der Waals surface area contributed by atoms with Crippen LogP contribution >= 0.6 is 0 Å². The van der Waals surface area contributed by atoms with Gasteiger partial charge in [-0.1, -0.05) is 194 Å². The summed E-state index contributed by atoms with van der Waals surface area (Å²) in [6.45, 7) is 0. The second kappa shape index (κ2) is 12.5. The second-order valence-corrected chi connectivity index (χ2v) is 13.3. The molecular weight excluding hydrogens is 629 g/mol. The molecule has 2 heteroatoms. The van der Waals surface area contributed by atoms with Crippen molar-refractivity contribution in [1.29, 1.82) is 0 Å². The van der Waals surface area contributed by atoms with Gasteiger partial charge >= 0.3 is 0 Å². The van der Waals surface area contributed by atoms with Crippen molar-refractivity contribution in [2.75, 3.05) is 0 Å². The van der Waals surface area contributed by atoms with Crippen LogP contribution in [0.3, 0.4) is 0 Å². The number of benzene rings is 8. The average Bonchev–Trinajstić information content (AvgIpc) is 3.56. The molecule has 0 saturated carbocycles. The van der Waals surface area contributed by atoms with E-state index in [-0.39, 0.29) is 0 Å². The molecule has 0 unspecified atom stereocenters. The lowest BCUT2D eigenvalue weighted by atomic mass is 9.93. The molecule has 0 amide bonds. The summed E-state index contributed by atoms with van der Waals surface area (Å²) in [6.07, 6.45) is 0. The third-order valence-corrected chi connectivity index (χ3v) is 10.3. The molecule has 0 N–H and O–H groups in total. The zero-order valence-electron chi connectivity index (χ0n) is 28.4. The van der Waals surface area contributed by atoms with Crippen LogP contribution in [0.2, 0.25) is 0 Å². The molecule has 1 aliphatic carbocycles. The molecule has 0 radical (unpaired) electrons. The standard InChI is InChI=1S/C50H32N2/c1-4-13-36(14-5-1)46-48(37-15-6-2-7-16-37)51-50(52-49(46)38-17-8-3-9-18-38)39-29-25-34(26-30-39)33-23-27-35(28-24-33)40-31-32-45-42-20-11-10-19-41(42)44-22-12-21-43(40)47(44)45/h1-32H. The smallest absolute Gasteiger partial charge is 0.160 e. The van der Waals surface area contributed by atoms with Crippen LogP contribution in [0.5, 0.6) is 0 Å². The second-order valence-electron chi connectivity index (χ2n) is 13.3. The summed E-state index contributed by atoms with van der Waals surface area (Å²) in [5, 5.41) is 2.65. The molecule has 9 aromatic rings. The molecule has 1 heterocycles. The summed E-state index contributed by atoms with van der Waals surface area (Å²) in [5.41, 5.74) is 17.1. The van der Waals surface area contributed by atoms with Crippen LogP contribution < -0.4 is 0 Å². The summed E-state index contributed by atoms with van der Waals surface area (Å²) in [6, 6.07) is 69.0.